The summed E-state index contributed by atoms with van der Waals surface area (Å²) in [7, 11) is 1.48. The number of amides is 6. The minimum Gasteiger partial charge on any atom is -0.493 e. The first-order valence-electron chi connectivity index (χ1n) is 33.1. The smallest absolute Gasteiger partial charge is 0.246 e. The fraction of sp³-hybridized carbons (Fsp3) is 0.594. The molecule has 0 aromatic heterocycles. The van der Waals surface area contributed by atoms with Crippen molar-refractivity contribution in [2.24, 2.45) is 21.5 Å². The molecule has 39 nitrogen and oxygen atoms in total. The summed E-state index contributed by atoms with van der Waals surface area (Å²) in [6, 6.07) is 5.89. The number of ether oxygens (including phenoxy) is 8. The Morgan fingerprint density at radius 1 is 0.602 bits per heavy atom. The van der Waals surface area contributed by atoms with Crippen LogP contribution in [0.5, 0.6) is 17.2 Å². The molecule has 25 atom stereocenters. The van der Waals surface area contributed by atoms with Crippen molar-refractivity contribution >= 4 is 47.4 Å². The fourth-order valence-electron chi connectivity index (χ4n) is 12.6. The van der Waals surface area contributed by atoms with Gasteiger partial charge in [-0.3, -0.25) is 38.8 Å². The molecule has 0 aliphatic carbocycles. The molecule has 0 saturated carbocycles. The van der Waals surface area contributed by atoms with Crippen molar-refractivity contribution in [3.05, 3.63) is 89.5 Å². The van der Waals surface area contributed by atoms with Gasteiger partial charge >= 0.3 is 0 Å². The lowest BCUT2D eigenvalue weighted by molar-refractivity contribution is -0.353. The van der Waals surface area contributed by atoms with Gasteiger partial charge in [0.05, 0.1) is 78.5 Å². The number of hydrogen-bond acceptors (Lipinski definition) is 33. The Morgan fingerprint density at radius 2 is 1.22 bits per heavy atom. The fourth-order valence-corrected chi connectivity index (χ4v) is 12.6. The lowest BCUT2D eigenvalue weighted by Crippen LogP contribution is -2.70. The number of carbonyl (C=O) groups excluding carboxylic acids is 6. The van der Waals surface area contributed by atoms with Crippen LogP contribution in [0, 0.1) is 0 Å². The van der Waals surface area contributed by atoms with Gasteiger partial charge in [0.15, 0.2) is 35.9 Å². The number of methoxy groups -OCH3 is 1. The molecule has 6 aliphatic rings. The van der Waals surface area contributed by atoms with Crippen LogP contribution in [0.1, 0.15) is 36.5 Å². The summed E-state index contributed by atoms with van der Waals surface area (Å²) in [6.07, 6.45) is -31.7. The van der Waals surface area contributed by atoms with E-state index in [-0.39, 0.29) is 37.0 Å². The Balaban J connectivity index is 0.967. The van der Waals surface area contributed by atoms with Crippen LogP contribution >= 0.6 is 0 Å². The van der Waals surface area contributed by atoms with Gasteiger partial charge in [0.1, 0.15) is 121 Å². The zero-order chi connectivity index (χ0) is 74.7. The van der Waals surface area contributed by atoms with E-state index in [4.69, 9.17) is 49.4 Å². The Labute approximate surface area is 588 Å². The van der Waals surface area contributed by atoms with E-state index in [0.717, 1.165) is 4.90 Å². The molecule has 0 spiro atoms. The van der Waals surface area contributed by atoms with Crippen LogP contribution in [-0.4, -0.2) is 325 Å². The van der Waals surface area contributed by atoms with Crippen molar-refractivity contribution in [3.8, 4) is 17.2 Å². The monoisotopic (exact) mass is 1460 g/mol. The molecule has 3 aromatic carbocycles. The summed E-state index contributed by atoms with van der Waals surface area (Å²) in [5.41, 5.74) is 13.5. The Morgan fingerprint density at radius 3 is 1.88 bits per heavy atom. The molecule has 24 N–H and O–H groups in total. The van der Waals surface area contributed by atoms with E-state index in [0.29, 0.717) is 29.2 Å². The van der Waals surface area contributed by atoms with Crippen molar-refractivity contribution in [1.29, 1.82) is 0 Å². The third-order valence-corrected chi connectivity index (χ3v) is 18.4. The minimum absolute atomic E-state index is 0.0225. The first-order chi connectivity index (χ1) is 49.2. The molecule has 103 heavy (non-hydrogen) atoms. The van der Waals surface area contributed by atoms with Crippen molar-refractivity contribution in [2.45, 2.75) is 179 Å². The van der Waals surface area contributed by atoms with Crippen molar-refractivity contribution in [2.75, 3.05) is 59.8 Å². The first kappa shape index (κ1) is 78.8. The first-order valence-corrected chi connectivity index (χ1v) is 33.1. The van der Waals surface area contributed by atoms with E-state index in [2.05, 4.69) is 47.2 Å². The van der Waals surface area contributed by atoms with Gasteiger partial charge in [0.2, 0.25) is 41.7 Å². The largest absolute Gasteiger partial charge is 0.493 e. The lowest BCUT2D eigenvalue weighted by atomic mass is 9.92. The molecule has 6 heterocycles. The Kier molecular flexibility index (Phi) is 27.1. The standard InChI is InChI=1S/C64H90N12O27/c1-4-98-36-17-28(12-15-35(36)96-3)24-97-25-39-47(84)49(86)52(89)62(102-39)103-54-38(23-79)101-61(53(90)50(54)87)99-30-13-10-27(11-14-30)16-31-56(92)74-42(44(81)32-18-68-63(65)72-32)59(95)75-43(45(82)34-19-69-64(66)76(34)60-51(88)48(85)46(83)37(22-78)100-60)58(94)71-33(21-77)55(91)67-20-40(80)73-41(57(93)70-31)26(2)29-8-6-5-7-9-29/h5-15,17,26,31-34,37-39,41-54,60-62,77-79,81-90H,4,16,18-25H2,1-3H3,(H2,66,69)(H,67,91)(H,70,93)(H,71,94)(H,73,80)(H,74,92)(H,75,95)(H3,65,68,72)/t26-,31+,32-,33-,34-,37+,38+,39?,41-,42-,43+,44-,45-,46+,47+,48-,49-,50+,51-,52-,53-,54+,60-,61-,62+/m0/s1. The van der Waals surface area contributed by atoms with Crippen LogP contribution in [-0.2, 0) is 65.5 Å². The van der Waals surface area contributed by atoms with E-state index in [1.54, 1.807) is 62.4 Å². The second-order valence-corrected chi connectivity index (χ2v) is 25.3. The molecule has 0 bridgehead atoms. The highest BCUT2D eigenvalue weighted by Gasteiger charge is 2.54. The van der Waals surface area contributed by atoms with Gasteiger partial charge < -0.3 is 158 Å². The number of rotatable bonds is 23. The van der Waals surface area contributed by atoms with E-state index in [1.807, 2.05) is 0 Å². The van der Waals surface area contributed by atoms with Gasteiger partial charge in [-0.2, -0.15) is 0 Å². The summed E-state index contributed by atoms with van der Waals surface area (Å²) >= 11 is 0. The number of nitrogens with two attached hydrogens (primary N) is 2. The zero-order valence-electron chi connectivity index (χ0n) is 56.0. The van der Waals surface area contributed by atoms with Crippen molar-refractivity contribution in [1.82, 2.24) is 42.1 Å². The molecule has 39 heteroatoms. The molecule has 3 aromatic rings. The Hall–Kier alpha value is -8.30. The lowest BCUT2D eigenvalue weighted by Gasteiger charge is -2.46. The summed E-state index contributed by atoms with van der Waals surface area (Å²) in [6.45, 7) is -1.40. The van der Waals surface area contributed by atoms with E-state index >= 15 is 9.59 Å². The average Bonchev–Trinajstić information content (AvgIpc) is 1.72. The van der Waals surface area contributed by atoms with Gasteiger partial charge in [-0.1, -0.05) is 55.5 Å². The van der Waals surface area contributed by atoms with Gasteiger partial charge in [0, 0.05) is 12.3 Å². The number of guanidine groups is 2. The molecule has 568 valence electrons. The second-order valence-electron chi connectivity index (χ2n) is 25.3. The normalized spacial score (nSPS) is 34.5. The maximum atomic E-state index is 15.2. The van der Waals surface area contributed by atoms with Crippen LogP contribution in [0.15, 0.2) is 82.8 Å². The van der Waals surface area contributed by atoms with E-state index < -0.39 is 233 Å². The number of aliphatic hydroxyl groups excluding tert-OH is 13. The third-order valence-electron chi connectivity index (χ3n) is 18.4. The highest BCUT2D eigenvalue weighted by Crippen LogP contribution is 2.34. The summed E-state index contributed by atoms with van der Waals surface area (Å²) in [5, 5.41) is 161. The van der Waals surface area contributed by atoms with E-state index in [1.165, 1.54) is 31.4 Å². The second kappa shape index (κ2) is 35.5. The predicted molar refractivity (Wildman–Crippen MR) is 350 cm³/mol. The number of nitrogens with one attached hydrogen (secondary N) is 7. The quantitative estimate of drug-likeness (QED) is 0.0419. The van der Waals surface area contributed by atoms with Gasteiger partial charge in [-0.15, -0.1) is 0 Å². The number of carbonyl (C=O) groups is 6. The number of aliphatic imine (C=N–C) groups is 2. The zero-order valence-corrected chi connectivity index (χ0v) is 56.0. The van der Waals surface area contributed by atoms with Crippen LogP contribution in [0.25, 0.3) is 0 Å². The summed E-state index contributed by atoms with van der Waals surface area (Å²) in [4.78, 5) is 96.6. The molecule has 9 rings (SSSR count). The van der Waals surface area contributed by atoms with Gasteiger partial charge in [-0.05, 0) is 47.9 Å². The average molecular weight is 1460 g/mol. The van der Waals surface area contributed by atoms with Gasteiger partial charge in [-0.25, -0.2) is 0 Å². The molecule has 0 radical (unpaired) electrons. The topological polar surface area (TPSA) is 603 Å². The highest BCUT2D eigenvalue weighted by atomic mass is 16.7. The summed E-state index contributed by atoms with van der Waals surface area (Å²) in [5.74, 6) is -8.09. The third kappa shape index (κ3) is 18.4. The molecule has 4 saturated heterocycles. The minimum atomic E-state index is -2.35. The predicted octanol–water partition coefficient (Wildman–Crippen LogP) is -11.0. The molecule has 6 amide bonds. The van der Waals surface area contributed by atoms with Crippen LogP contribution in [0.3, 0.4) is 0 Å². The maximum absolute atomic E-state index is 15.2. The molecular weight excluding hydrogens is 1370 g/mol. The summed E-state index contributed by atoms with van der Waals surface area (Å²) < 4.78 is 46.0. The van der Waals surface area contributed by atoms with Crippen LogP contribution in [0.4, 0.5) is 0 Å². The van der Waals surface area contributed by atoms with Crippen molar-refractivity contribution < 1.29 is 133 Å². The Bertz CT molecular complexity index is 3440. The maximum Gasteiger partial charge on any atom is 0.246 e. The highest BCUT2D eigenvalue weighted by molar-refractivity contribution is 5.98. The molecule has 6 aliphatic heterocycles. The molecule has 1 unspecified atom stereocenters. The number of benzene rings is 3. The molecular formula is C64H90N12O27. The van der Waals surface area contributed by atoms with Crippen LogP contribution < -0.4 is 62.9 Å². The number of hydrogen-bond donors (Lipinski definition) is 22. The SMILES string of the molecule is CCOc1cc(COCC2O[C@H](O[C@H]3[C@H](O)[C@H](O)[C@@H](Oc4ccc(C[C@H]5NC(=O)[C@H]([C@@H](C)c6ccccc6)NC(=O)CNC(=O)[C@H](CO)NC(=O)[C@@H]([C@@H](O)[C@@H]6CN=C(N)N6[C@H]6O[C@H](CO)[C@@H](O)[C@H](O)[C@@H]6O)NC(=O)[C@H]([C@@H](O)[C@@H]6CN=C(N)N6)NC5=O)cc4)O[C@@H]3CO)[C@@H](O)[C@@H](O)[C@@H]2O)ccc1OC. The van der Waals surface area contributed by atoms with Gasteiger partial charge in [0.25, 0.3) is 0 Å². The van der Waals surface area contributed by atoms with Crippen molar-refractivity contribution in [3.63, 3.8) is 0 Å². The molecule has 4 fully saturated rings. The number of nitrogens with zero attached hydrogens (tertiary/aromatic N) is 3. The number of aliphatic hydroxyl groups is 13. The van der Waals surface area contributed by atoms with Crippen LogP contribution in [0.2, 0.25) is 0 Å². The van der Waals surface area contributed by atoms with E-state index in [9.17, 15) is 85.6 Å².